The number of ether oxygens (including phenoxy) is 3. The Balaban J connectivity index is 2.83. The van der Waals surface area contributed by atoms with Crippen LogP contribution < -0.4 is 5.32 Å². The van der Waals surface area contributed by atoms with Gasteiger partial charge >= 0.3 is 0 Å². The van der Waals surface area contributed by atoms with E-state index in [1.165, 1.54) is 6.42 Å². The van der Waals surface area contributed by atoms with Crippen LogP contribution in [0.1, 0.15) is 26.2 Å². The number of nitrogens with one attached hydrogen (secondary N) is 1. The van der Waals surface area contributed by atoms with Gasteiger partial charge in [-0.05, 0) is 39.3 Å². The van der Waals surface area contributed by atoms with Gasteiger partial charge in [0.25, 0.3) is 0 Å². The molecule has 0 rings (SSSR count). The molecule has 4 heteroatoms. The minimum absolute atomic E-state index is 0.690. The molecule has 98 valence electrons. The van der Waals surface area contributed by atoms with E-state index >= 15 is 0 Å². The fraction of sp³-hybridized carbons (Fsp3) is 1.00. The quantitative estimate of drug-likeness (QED) is 0.489. The van der Waals surface area contributed by atoms with Crippen molar-refractivity contribution in [1.82, 2.24) is 5.32 Å². The zero-order valence-electron chi connectivity index (χ0n) is 10.8. The van der Waals surface area contributed by atoms with E-state index < -0.39 is 0 Å². The summed E-state index contributed by atoms with van der Waals surface area (Å²) in [5.41, 5.74) is 0. The first-order valence-electron chi connectivity index (χ1n) is 6.27. The van der Waals surface area contributed by atoms with Gasteiger partial charge in [0, 0.05) is 26.9 Å². The molecule has 4 nitrogen and oxygen atoms in total. The SMILES string of the molecule is CCOCCCNCCCCOCCOC. The molecule has 0 atom stereocenters. The van der Waals surface area contributed by atoms with Crippen LogP contribution in [0.25, 0.3) is 0 Å². The lowest BCUT2D eigenvalue weighted by molar-refractivity contribution is 0.0688. The summed E-state index contributed by atoms with van der Waals surface area (Å²) in [6.45, 7) is 8.06. The molecule has 0 bridgehead atoms. The highest BCUT2D eigenvalue weighted by atomic mass is 16.5. The molecule has 16 heavy (non-hydrogen) atoms. The molecule has 0 fully saturated rings. The second kappa shape index (κ2) is 14.8. The Hall–Kier alpha value is -0.160. The third kappa shape index (κ3) is 13.8. The van der Waals surface area contributed by atoms with Gasteiger partial charge in [0.05, 0.1) is 13.2 Å². The normalized spacial score (nSPS) is 10.9. The molecule has 0 aromatic heterocycles. The number of unbranched alkanes of at least 4 members (excludes halogenated alkanes) is 1. The Morgan fingerprint density at radius 2 is 1.56 bits per heavy atom. The summed E-state index contributed by atoms with van der Waals surface area (Å²) in [5, 5.41) is 3.39. The second-order valence-corrected chi connectivity index (χ2v) is 3.61. The molecule has 0 aliphatic rings. The lowest BCUT2D eigenvalue weighted by Crippen LogP contribution is -2.18. The van der Waals surface area contributed by atoms with Crippen LogP contribution in [0.5, 0.6) is 0 Å². The first kappa shape index (κ1) is 15.8. The third-order valence-corrected chi connectivity index (χ3v) is 2.17. The van der Waals surface area contributed by atoms with Crippen LogP contribution in [0, 0.1) is 0 Å². The number of hydrogen-bond donors (Lipinski definition) is 1. The Labute approximate surface area is 99.6 Å². The standard InChI is InChI=1S/C12H27NO3/c1-3-15-10-6-8-13-7-4-5-9-16-12-11-14-2/h13H,3-12H2,1-2H3. The lowest BCUT2D eigenvalue weighted by atomic mass is 10.3. The predicted octanol–water partition coefficient (Wildman–Crippen LogP) is 1.45. The van der Waals surface area contributed by atoms with Gasteiger partial charge in [0.2, 0.25) is 0 Å². The number of hydrogen-bond acceptors (Lipinski definition) is 4. The smallest absolute Gasteiger partial charge is 0.0700 e. The van der Waals surface area contributed by atoms with Crippen LogP contribution in [0.2, 0.25) is 0 Å². The lowest BCUT2D eigenvalue weighted by Gasteiger charge is -2.05. The van der Waals surface area contributed by atoms with E-state index in [1.807, 2.05) is 6.92 Å². The van der Waals surface area contributed by atoms with Crippen molar-refractivity contribution in [2.24, 2.45) is 0 Å². The fourth-order valence-electron chi connectivity index (χ4n) is 1.27. The van der Waals surface area contributed by atoms with Crippen molar-refractivity contribution in [2.75, 3.05) is 53.2 Å². The molecule has 0 saturated heterocycles. The second-order valence-electron chi connectivity index (χ2n) is 3.61. The Morgan fingerprint density at radius 3 is 2.31 bits per heavy atom. The molecule has 0 aliphatic heterocycles. The molecule has 0 aromatic rings. The van der Waals surface area contributed by atoms with Crippen LogP contribution in [0.4, 0.5) is 0 Å². The summed E-state index contributed by atoms with van der Waals surface area (Å²) in [4.78, 5) is 0. The average Bonchev–Trinajstić information content (AvgIpc) is 2.31. The topological polar surface area (TPSA) is 39.7 Å². The van der Waals surface area contributed by atoms with Gasteiger partial charge in [-0.25, -0.2) is 0 Å². The summed E-state index contributed by atoms with van der Waals surface area (Å²) in [6.07, 6.45) is 3.38. The molecule has 0 heterocycles. The molecule has 0 saturated carbocycles. The summed E-state index contributed by atoms with van der Waals surface area (Å²) < 4.78 is 15.5. The van der Waals surface area contributed by atoms with E-state index in [2.05, 4.69) is 5.32 Å². The summed E-state index contributed by atoms with van der Waals surface area (Å²) >= 11 is 0. The maximum Gasteiger partial charge on any atom is 0.0700 e. The highest BCUT2D eigenvalue weighted by Gasteiger charge is 1.91. The fourth-order valence-corrected chi connectivity index (χ4v) is 1.27. The average molecular weight is 233 g/mol. The Bertz CT molecular complexity index is 109. The van der Waals surface area contributed by atoms with Crippen molar-refractivity contribution in [3.63, 3.8) is 0 Å². The molecule has 0 radical (unpaired) electrons. The van der Waals surface area contributed by atoms with Gasteiger partial charge in [-0.2, -0.15) is 0 Å². The highest BCUT2D eigenvalue weighted by Crippen LogP contribution is 1.89. The molecule has 0 aromatic carbocycles. The van der Waals surface area contributed by atoms with Crippen molar-refractivity contribution < 1.29 is 14.2 Å². The van der Waals surface area contributed by atoms with E-state index in [0.717, 1.165) is 45.8 Å². The minimum Gasteiger partial charge on any atom is -0.382 e. The largest absolute Gasteiger partial charge is 0.382 e. The monoisotopic (exact) mass is 233 g/mol. The van der Waals surface area contributed by atoms with Crippen LogP contribution in [-0.2, 0) is 14.2 Å². The zero-order chi connectivity index (χ0) is 11.9. The van der Waals surface area contributed by atoms with E-state index in [-0.39, 0.29) is 0 Å². The van der Waals surface area contributed by atoms with Gasteiger partial charge in [0.15, 0.2) is 0 Å². The summed E-state index contributed by atoms with van der Waals surface area (Å²) in [7, 11) is 1.69. The summed E-state index contributed by atoms with van der Waals surface area (Å²) in [6, 6.07) is 0. The molecule has 0 amide bonds. The first-order valence-corrected chi connectivity index (χ1v) is 6.27. The molecule has 0 unspecified atom stereocenters. The van der Waals surface area contributed by atoms with Crippen molar-refractivity contribution >= 4 is 0 Å². The molecule has 0 aliphatic carbocycles. The van der Waals surface area contributed by atoms with Crippen molar-refractivity contribution in [3.8, 4) is 0 Å². The van der Waals surface area contributed by atoms with E-state index in [9.17, 15) is 0 Å². The Kier molecular flexibility index (Phi) is 14.7. The maximum atomic E-state index is 5.36. The number of methoxy groups -OCH3 is 1. The van der Waals surface area contributed by atoms with Crippen LogP contribution in [0.3, 0.4) is 0 Å². The van der Waals surface area contributed by atoms with Gasteiger partial charge < -0.3 is 19.5 Å². The third-order valence-electron chi connectivity index (χ3n) is 2.17. The van der Waals surface area contributed by atoms with Gasteiger partial charge in [-0.1, -0.05) is 0 Å². The molecule has 0 spiro atoms. The van der Waals surface area contributed by atoms with Crippen LogP contribution in [-0.4, -0.2) is 53.2 Å². The van der Waals surface area contributed by atoms with E-state index in [1.54, 1.807) is 7.11 Å². The van der Waals surface area contributed by atoms with Gasteiger partial charge in [-0.3, -0.25) is 0 Å². The molecular formula is C12H27NO3. The van der Waals surface area contributed by atoms with Gasteiger partial charge in [-0.15, -0.1) is 0 Å². The van der Waals surface area contributed by atoms with Crippen molar-refractivity contribution in [3.05, 3.63) is 0 Å². The van der Waals surface area contributed by atoms with Gasteiger partial charge in [0.1, 0.15) is 0 Å². The van der Waals surface area contributed by atoms with E-state index in [0.29, 0.717) is 13.2 Å². The van der Waals surface area contributed by atoms with Crippen molar-refractivity contribution in [1.29, 1.82) is 0 Å². The predicted molar refractivity (Wildman–Crippen MR) is 65.9 cm³/mol. The zero-order valence-corrected chi connectivity index (χ0v) is 10.8. The first-order chi connectivity index (χ1) is 7.91. The van der Waals surface area contributed by atoms with Crippen molar-refractivity contribution in [2.45, 2.75) is 26.2 Å². The maximum absolute atomic E-state index is 5.36. The van der Waals surface area contributed by atoms with E-state index in [4.69, 9.17) is 14.2 Å². The minimum atomic E-state index is 0.690. The Morgan fingerprint density at radius 1 is 0.812 bits per heavy atom. The summed E-state index contributed by atoms with van der Waals surface area (Å²) in [5.74, 6) is 0. The van der Waals surface area contributed by atoms with Crippen LogP contribution >= 0.6 is 0 Å². The highest BCUT2D eigenvalue weighted by molar-refractivity contribution is 4.48. The number of rotatable bonds is 13. The van der Waals surface area contributed by atoms with Crippen LogP contribution in [0.15, 0.2) is 0 Å². The molecular weight excluding hydrogens is 206 g/mol. The molecule has 1 N–H and O–H groups in total.